The molecule has 0 heterocycles. The summed E-state index contributed by atoms with van der Waals surface area (Å²) < 4.78 is 0. The van der Waals surface area contributed by atoms with Crippen molar-refractivity contribution in [3.8, 4) is 0 Å². The number of rotatable bonds is 8. The van der Waals surface area contributed by atoms with Gasteiger partial charge in [-0.2, -0.15) is 0 Å². The predicted octanol–water partition coefficient (Wildman–Crippen LogP) is 0.488. The van der Waals surface area contributed by atoms with Crippen LogP contribution in [-0.4, -0.2) is 36.3 Å². The standard InChI is InChI=1S/C11H16N2O2/c1-4-7-12-11(15)10(6-3)13(9-14)8-5-2/h4-6,9-10H,1-3,7-8H2,(H,12,15). The maximum atomic E-state index is 11.5. The lowest BCUT2D eigenvalue weighted by Gasteiger charge is -2.23. The van der Waals surface area contributed by atoms with Crippen LogP contribution in [-0.2, 0) is 9.59 Å². The molecule has 4 nitrogen and oxygen atoms in total. The van der Waals surface area contributed by atoms with E-state index in [1.807, 2.05) is 0 Å². The second-order valence-corrected chi connectivity index (χ2v) is 2.81. The zero-order valence-electron chi connectivity index (χ0n) is 8.69. The molecule has 82 valence electrons. The van der Waals surface area contributed by atoms with Gasteiger partial charge in [0.25, 0.3) is 0 Å². The molecular weight excluding hydrogens is 192 g/mol. The van der Waals surface area contributed by atoms with E-state index in [0.29, 0.717) is 19.5 Å². The van der Waals surface area contributed by atoms with E-state index in [1.54, 1.807) is 12.2 Å². The highest BCUT2D eigenvalue weighted by atomic mass is 16.2. The molecule has 0 aliphatic carbocycles. The van der Waals surface area contributed by atoms with Crippen LogP contribution in [0.5, 0.6) is 0 Å². The van der Waals surface area contributed by atoms with Crippen LogP contribution in [0.25, 0.3) is 0 Å². The minimum absolute atomic E-state index is 0.279. The van der Waals surface area contributed by atoms with E-state index in [9.17, 15) is 9.59 Å². The number of hydrogen-bond acceptors (Lipinski definition) is 2. The molecule has 0 rings (SSSR count). The normalized spacial score (nSPS) is 10.9. The Labute approximate surface area is 90.0 Å². The lowest BCUT2D eigenvalue weighted by Crippen LogP contribution is -2.45. The van der Waals surface area contributed by atoms with Crippen molar-refractivity contribution in [2.75, 3.05) is 13.1 Å². The highest BCUT2D eigenvalue weighted by molar-refractivity contribution is 5.85. The fourth-order valence-electron chi connectivity index (χ4n) is 1.04. The zero-order valence-corrected chi connectivity index (χ0v) is 8.69. The SMILES string of the molecule is C=CCNC(=O)C(C=C)N(C=O)CC=C. The summed E-state index contributed by atoms with van der Waals surface area (Å²) in [5, 5.41) is 2.59. The first-order valence-corrected chi connectivity index (χ1v) is 4.54. The molecule has 0 aliphatic rings. The third-order valence-corrected chi connectivity index (χ3v) is 1.75. The van der Waals surface area contributed by atoms with E-state index < -0.39 is 6.04 Å². The Kier molecular flexibility index (Phi) is 6.63. The quantitative estimate of drug-likeness (QED) is 0.466. The molecule has 2 amide bonds. The number of amides is 2. The van der Waals surface area contributed by atoms with Gasteiger partial charge in [-0.15, -0.1) is 19.7 Å². The summed E-state index contributed by atoms with van der Waals surface area (Å²) in [5.74, 6) is -0.279. The fourth-order valence-corrected chi connectivity index (χ4v) is 1.04. The summed E-state index contributed by atoms with van der Waals surface area (Å²) in [5.41, 5.74) is 0. The van der Waals surface area contributed by atoms with Crippen molar-refractivity contribution in [1.29, 1.82) is 0 Å². The molecule has 0 aromatic carbocycles. The molecule has 0 spiro atoms. The molecule has 4 heteroatoms. The monoisotopic (exact) mass is 208 g/mol. The molecule has 0 saturated heterocycles. The van der Waals surface area contributed by atoms with Crippen LogP contribution in [0.1, 0.15) is 0 Å². The van der Waals surface area contributed by atoms with Gasteiger partial charge in [-0.3, -0.25) is 9.59 Å². The molecule has 0 aliphatic heterocycles. The van der Waals surface area contributed by atoms with E-state index in [4.69, 9.17) is 0 Å². The number of nitrogens with one attached hydrogen (secondary N) is 1. The average Bonchev–Trinajstić information content (AvgIpc) is 2.26. The Balaban J connectivity index is 4.48. The summed E-state index contributed by atoms with van der Waals surface area (Å²) in [7, 11) is 0. The van der Waals surface area contributed by atoms with Crippen molar-refractivity contribution in [2.45, 2.75) is 6.04 Å². The van der Waals surface area contributed by atoms with Crippen LogP contribution in [0.2, 0.25) is 0 Å². The van der Waals surface area contributed by atoms with E-state index in [-0.39, 0.29) is 5.91 Å². The van der Waals surface area contributed by atoms with Crippen LogP contribution < -0.4 is 5.32 Å². The Morgan fingerprint density at radius 3 is 2.40 bits per heavy atom. The van der Waals surface area contributed by atoms with E-state index in [0.717, 1.165) is 0 Å². The molecule has 0 saturated carbocycles. The van der Waals surface area contributed by atoms with E-state index in [1.165, 1.54) is 11.0 Å². The van der Waals surface area contributed by atoms with Crippen molar-refractivity contribution in [3.63, 3.8) is 0 Å². The van der Waals surface area contributed by atoms with Gasteiger partial charge in [-0.1, -0.05) is 18.2 Å². The summed E-state index contributed by atoms with van der Waals surface area (Å²) >= 11 is 0. The molecular formula is C11H16N2O2. The second-order valence-electron chi connectivity index (χ2n) is 2.81. The maximum Gasteiger partial charge on any atom is 0.247 e. The minimum Gasteiger partial charge on any atom is -0.351 e. The van der Waals surface area contributed by atoms with Crippen molar-refractivity contribution >= 4 is 12.3 Å². The first kappa shape index (κ1) is 13.2. The highest BCUT2D eigenvalue weighted by Crippen LogP contribution is 1.98. The lowest BCUT2D eigenvalue weighted by atomic mass is 10.2. The number of carbonyl (C=O) groups excluding carboxylic acids is 2. The predicted molar refractivity (Wildman–Crippen MR) is 60.2 cm³/mol. The number of hydrogen-bond donors (Lipinski definition) is 1. The van der Waals surface area contributed by atoms with Gasteiger partial charge < -0.3 is 10.2 Å². The van der Waals surface area contributed by atoms with Gasteiger partial charge >= 0.3 is 0 Å². The van der Waals surface area contributed by atoms with Crippen molar-refractivity contribution in [3.05, 3.63) is 38.0 Å². The Bertz CT molecular complexity index is 261. The van der Waals surface area contributed by atoms with E-state index in [2.05, 4.69) is 25.1 Å². The summed E-state index contributed by atoms with van der Waals surface area (Å²) in [6, 6.07) is -0.666. The van der Waals surface area contributed by atoms with Gasteiger partial charge in [0.2, 0.25) is 12.3 Å². The van der Waals surface area contributed by atoms with Crippen molar-refractivity contribution in [1.82, 2.24) is 10.2 Å². The van der Waals surface area contributed by atoms with E-state index >= 15 is 0 Å². The zero-order chi connectivity index (χ0) is 11.7. The van der Waals surface area contributed by atoms with Gasteiger partial charge in [-0.25, -0.2) is 0 Å². The van der Waals surface area contributed by atoms with Crippen molar-refractivity contribution < 1.29 is 9.59 Å². The Morgan fingerprint density at radius 2 is 2.00 bits per heavy atom. The molecule has 0 bridgehead atoms. The average molecular weight is 208 g/mol. The number of nitrogens with zero attached hydrogens (tertiary/aromatic N) is 1. The molecule has 1 unspecified atom stereocenters. The van der Waals surface area contributed by atoms with Crippen LogP contribution in [0.3, 0.4) is 0 Å². The molecule has 0 radical (unpaired) electrons. The summed E-state index contributed by atoms with van der Waals surface area (Å²) in [6.45, 7) is 11.2. The largest absolute Gasteiger partial charge is 0.351 e. The molecule has 0 aromatic rings. The Hall–Kier alpha value is -1.84. The fraction of sp³-hybridized carbons (Fsp3) is 0.273. The van der Waals surface area contributed by atoms with Gasteiger partial charge in [0.15, 0.2) is 0 Å². The molecule has 15 heavy (non-hydrogen) atoms. The first-order valence-electron chi connectivity index (χ1n) is 4.54. The Morgan fingerprint density at radius 1 is 1.33 bits per heavy atom. The van der Waals surface area contributed by atoms with Gasteiger partial charge in [-0.05, 0) is 0 Å². The lowest BCUT2D eigenvalue weighted by molar-refractivity contribution is -0.130. The summed E-state index contributed by atoms with van der Waals surface area (Å²) in [4.78, 5) is 23.6. The van der Waals surface area contributed by atoms with Gasteiger partial charge in [0.1, 0.15) is 6.04 Å². The second kappa shape index (κ2) is 7.55. The van der Waals surface area contributed by atoms with Crippen LogP contribution in [0, 0.1) is 0 Å². The molecule has 1 N–H and O–H groups in total. The highest BCUT2D eigenvalue weighted by Gasteiger charge is 2.19. The van der Waals surface area contributed by atoms with Crippen LogP contribution >= 0.6 is 0 Å². The van der Waals surface area contributed by atoms with Crippen LogP contribution in [0.15, 0.2) is 38.0 Å². The maximum absolute atomic E-state index is 11.5. The van der Waals surface area contributed by atoms with Gasteiger partial charge in [0.05, 0.1) is 0 Å². The summed E-state index contributed by atoms with van der Waals surface area (Å²) in [6.07, 6.45) is 5.13. The molecule has 0 fully saturated rings. The topological polar surface area (TPSA) is 49.4 Å². The van der Waals surface area contributed by atoms with Crippen molar-refractivity contribution in [2.24, 2.45) is 0 Å². The smallest absolute Gasteiger partial charge is 0.247 e. The van der Waals surface area contributed by atoms with Gasteiger partial charge in [0, 0.05) is 13.1 Å². The molecule has 0 aromatic heterocycles. The minimum atomic E-state index is -0.666. The number of carbonyl (C=O) groups is 2. The van der Waals surface area contributed by atoms with Crippen LogP contribution in [0.4, 0.5) is 0 Å². The molecule has 1 atom stereocenters. The third-order valence-electron chi connectivity index (χ3n) is 1.75. The third kappa shape index (κ3) is 4.26. The first-order chi connectivity index (χ1) is 7.21.